The number of amides is 1. The second-order valence-electron chi connectivity index (χ2n) is 6.70. The molecule has 1 aliphatic heterocycles. The summed E-state index contributed by atoms with van der Waals surface area (Å²) in [6, 6.07) is 15.8. The zero-order valence-corrected chi connectivity index (χ0v) is 18.2. The number of carbonyl (C=O) groups excluding carboxylic acids is 1. The van der Waals surface area contributed by atoms with E-state index in [0.29, 0.717) is 37.1 Å². The van der Waals surface area contributed by atoms with E-state index in [1.807, 2.05) is 34.9 Å². The lowest BCUT2D eigenvalue weighted by molar-refractivity contribution is -0.113. The highest BCUT2D eigenvalue weighted by Crippen LogP contribution is 2.21. The van der Waals surface area contributed by atoms with Gasteiger partial charge in [0.2, 0.25) is 15.9 Å². The van der Waals surface area contributed by atoms with E-state index in [1.54, 1.807) is 18.5 Å². The van der Waals surface area contributed by atoms with Gasteiger partial charge in [0.05, 0.1) is 23.9 Å². The number of hydrogen-bond donors (Lipinski definition) is 1. The number of hydrogen-bond acceptors (Lipinski definition) is 7. The van der Waals surface area contributed by atoms with Gasteiger partial charge in [0.15, 0.2) is 5.16 Å². The fourth-order valence-electron chi connectivity index (χ4n) is 3.06. The van der Waals surface area contributed by atoms with Gasteiger partial charge in [-0.1, -0.05) is 30.0 Å². The molecule has 0 spiro atoms. The predicted octanol–water partition coefficient (Wildman–Crippen LogP) is 2.02. The van der Waals surface area contributed by atoms with Crippen molar-refractivity contribution in [2.75, 3.05) is 37.4 Å². The van der Waals surface area contributed by atoms with Crippen LogP contribution >= 0.6 is 11.8 Å². The largest absolute Gasteiger partial charge is 0.379 e. The number of ether oxygens (including phenoxy) is 1. The van der Waals surface area contributed by atoms with Gasteiger partial charge in [-0.25, -0.2) is 8.42 Å². The van der Waals surface area contributed by atoms with Crippen LogP contribution in [0.15, 0.2) is 71.0 Å². The van der Waals surface area contributed by atoms with Crippen molar-refractivity contribution in [3.05, 3.63) is 60.9 Å². The Kier molecular flexibility index (Phi) is 6.66. The van der Waals surface area contributed by atoms with E-state index >= 15 is 0 Å². The third-order valence-corrected chi connectivity index (χ3v) is 7.49. The minimum absolute atomic E-state index is 0.138. The van der Waals surface area contributed by atoms with Crippen LogP contribution in [0.3, 0.4) is 0 Å². The Morgan fingerprint density at radius 2 is 1.77 bits per heavy atom. The van der Waals surface area contributed by atoms with Gasteiger partial charge < -0.3 is 10.1 Å². The maximum Gasteiger partial charge on any atom is 0.243 e. The van der Waals surface area contributed by atoms with Crippen molar-refractivity contribution in [3.63, 3.8) is 0 Å². The second-order valence-corrected chi connectivity index (χ2v) is 9.58. The Bertz CT molecular complexity index is 1130. The third kappa shape index (κ3) is 5.13. The summed E-state index contributed by atoms with van der Waals surface area (Å²) in [5, 5.41) is 11.4. The molecule has 0 saturated carbocycles. The Balaban J connectivity index is 1.35. The maximum absolute atomic E-state index is 12.7. The number of benzene rings is 2. The lowest BCUT2D eigenvalue weighted by Gasteiger charge is -2.26. The summed E-state index contributed by atoms with van der Waals surface area (Å²) in [5.74, 6) is -0.0873. The first-order valence-electron chi connectivity index (χ1n) is 9.60. The van der Waals surface area contributed by atoms with Crippen molar-refractivity contribution in [1.82, 2.24) is 19.1 Å². The van der Waals surface area contributed by atoms with Gasteiger partial charge in [0.1, 0.15) is 6.33 Å². The van der Waals surface area contributed by atoms with Crippen LogP contribution in [0.1, 0.15) is 0 Å². The van der Waals surface area contributed by atoms with Crippen LogP contribution in [-0.2, 0) is 19.6 Å². The molecule has 0 bridgehead atoms. The summed E-state index contributed by atoms with van der Waals surface area (Å²) in [7, 11) is -3.56. The van der Waals surface area contributed by atoms with Gasteiger partial charge in [-0.3, -0.25) is 9.36 Å². The molecule has 1 aromatic heterocycles. The molecule has 1 saturated heterocycles. The van der Waals surface area contributed by atoms with Crippen LogP contribution in [0.2, 0.25) is 0 Å². The zero-order valence-electron chi connectivity index (χ0n) is 16.5. The highest BCUT2D eigenvalue weighted by Gasteiger charge is 2.26. The average Bonchev–Trinajstić information content (AvgIpc) is 3.28. The lowest BCUT2D eigenvalue weighted by atomic mass is 10.3. The predicted molar refractivity (Wildman–Crippen MR) is 117 cm³/mol. The van der Waals surface area contributed by atoms with Gasteiger partial charge in [-0.2, -0.15) is 4.31 Å². The molecule has 162 valence electrons. The van der Waals surface area contributed by atoms with Crippen molar-refractivity contribution < 1.29 is 17.9 Å². The number of thioether (sulfide) groups is 1. The first kappa shape index (κ1) is 21.5. The molecule has 0 unspecified atom stereocenters. The monoisotopic (exact) mass is 459 g/mol. The Morgan fingerprint density at radius 1 is 1.06 bits per heavy atom. The van der Waals surface area contributed by atoms with Crippen LogP contribution in [0, 0.1) is 0 Å². The summed E-state index contributed by atoms with van der Waals surface area (Å²) in [6.45, 7) is 1.46. The van der Waals surface area contributed by atoms with Crippen molar-refractivity contribution in [1.29, 1.82) is 0 Å². The zero-order chi connectivity index (χ0) is 21.7. The molecular weight excluding hydrogens is 438 g/mol. The topological polar surface area (TPSA) is 106 Å². The van der Waals surface area contributed by atoms with E-state index in [1.165, 1.54) is 28.2 Å². The number of para-hydroxylation sites is 1. The highest BCUT2D eigenvalue weighted by atomic mass is 32.2. The van der Waals surface area contributed by atoms with E-state index in [0.717, 1.165) is 5.69 Å². The number of nitrogens with zero attached hydrogens (tertiary/aromatic N) is 4. The van der Waals surface area contributed by atoms with E-state index in [9.17, 15) is 13.2 Å². The number of sulfonamides is 1. The molecule has 0 radical (unpaired) electrons. The van der Waals surface area contributed by atoms with E-state index < -0.39 is 10.0 Å². The first-order valence-corrected chi connectivity index (χ1v) is 12.0. The molecule has 31 heavy (non-hydrogen) atoms. The average molecular weight is 460 g/mol. The molecule has 1 fully saturated rings. The molecule has 1 N–H and O–H groups in total. The minimum Gasteiger partial charge on any atom is -0.379 e. The van der Waals surface area contributed by atoms with Crippen molar-refractivity contribution in [3.8, 4) is 5.69 Å². The molecule has 2 aromatic carbocycles. The SMILES string of the molecule is O=C(CSc1nncn1-c1ccccc1)Nc1ccc(S(=O)(=O)N2CCOCC2)cc1. The molecule has 9 nitrogen and oxygen atoms in total. The quantitative estimate of drug-likeness (QED) is 0.539. The molecule has 0 aliphatic carbocycles. The third-order valence-electron chi connectivity index (χ3n) is 4.63. The Morgan fingerprint density at radius 3 is 2.48 bits per heavy atom. The van der Waals surface area contributed by atoms with Gasteiger partial charge in [0.25, 0.3) is 0 Å². The number of anilines is 1. The van der Waals surface area contributed by atoms with Crippen LogP contribution in [0.5, 0.6) is 0 Å². The summed E-state index contributed by atoms with van der Waals surface area (Å²) in [6.07, 6.45) is 1.60. The number of carbonyl (C=O) groups is 1. The second kappa shape index (κ2) is 9.60. The molecule has 0 atom stereocenters. The molecular formula is C20H21N5O4S2. The van der Waals surface area contributed by atoms with E-state index in [2.05, 4.69) is 15.5 Å². The van der Waals surface area contributed by atoms with Crippen LogP contribution in [0.25, 0.3) is 5.69 Å². The number of nitrogens with one attached hydrogen (secondary N) is 1. The number of morpholine rings is 1. The summed E-state index contributed by atoms with van der Waals surface area (Å²) in [4.78, 5) is 12.5. The maximum atomic E-state index is 12.7. The standard InChI is InChI=1S/C20H21N5O4S2/c26-19(14-30-20-23-21-15-25(20)17-4-2-1-3-5-17)22-16-6-8-18(9-7-16)31(27,28)24-10-12-29-13-11-24/h1-9,15H,10-14H2,(H,22,26). The van der Waals surface area contributed by atoms with Crippen molar-refractivity contribution in [2.45, 2.75) is 10.1 Å². The van der Waals surface area contributed by atoms with Crippen molar-refractivity contribution in [2.24, 2.45) is 0 Å². The number of rotatable bonds is 7. The highest BCUT2D eigenvalue weighted by molar-refractivity contribution is 7.99. The van der Waals surface area contributed by atoms with Crippen LogP contribution in [0.4, 0.5) is 5.69 Å². The molecule has 4 rings (SSSR count). The van der Waals surface area contributed by atoms with Gasteiger partial charge in [-0.15, -0.1) is 10.2 Å². The molecule has 1 aliphatic rings. The fourth-order valence-corrected chi connectivity index (χ4v) is 5.20. The normalized spacial score (nSPS) is 15.0. The van der Waals surface area contributed by atoms with E-state index in [-0.39, 0.29) is 16.6 Å². The van der Waals surface area contributed by atoms with E-state index in [4.69, 9.17) is 4.74 Å². The summed E-state index contributed by atoms with van der Waals surface area (Å²) >= 11 is 1.27. The van der Waals surface area contributed by atoms with Gasteiger partial charge >= 0.3 is 0 Å². The minimum atomic E-state index is -3.56. The first-order chi connectivity index (χ1) is 15.0. The number of aromatic nitrogens is 3. The Hall–Kier alpha value is -2.73. The molecule has 1 amide bonds. The van der Waals surface area contributed by atoms with Gasteiger partial charge in [-0.05, 0) is 36.4 Å². The molecule has 3 aromatic rings. The van der Waals surface area contributed by atoms with Gasteiger partial charge in [0, 0.05) is 24.5 Å². The summed E-state index contributed by atoms with van der Waals surface area (Å²) in [5.41, 5.74) is 1.43. The Labute approximate surface area is 184 Å². The summed E-state index contributed by atoms with van der Waals surface area (Å²) < 4.78 is 33.8. The lowest BCUT2D eigenvalue weighted by Crippen LogP contribution is -2.40. The molecule has 2 heterocycles. The van der Waals surface area contributed by atoms with Crippen LogP contribution < -0.4 is 5.32 Å². The van der Waals surface area contributed by atoms with Crippen LogP contribution in [-0.4, -0.2) is 65.5 Å². The fraction of sp³-hybridized carbons (Fsp3) is 0.250. The smallest absolute Gasteiger partial charge is 0.243 e. The molecule has 11 heteroatoms. The van der Waals surface area contributed by atoms with Crippen molar-refractivity contribution >= 4 is 33.4 Å².